The minimum absolute atomic E-state index is 0.0940. The average Bonchev–Trinajstić information content (AvgIpc) is 3.33. The molecular weight excluding hydrogens is 530 g/mol. The van der Waals surface area contributed by atoms with Crippen LogP contribution in [0.2, 0.25) is 0 Å². The molecule has 3 amide bonds. The van der Waals surface area contributed by atoms with E-state index in [1.807, 2.05) is 12.2 Å². The van der Waals surface area contributed by atoms with Crippen LogP contribution in [0.3, 0.4) is 0 Å². The quantitative estimate of drug-likeness (QED) is 0.285. The second-order valence-corrected chi connectivity index (χ2v) is 13.0. The molecule has 1 saturated carbocycles. The number of allylic oxidation sites excluding steroid dienone is 1. The van der Waals surface area contributed by atoms with Crippen LogP contribution in [0.25, 0.3) is 0 Å². The number of esters is 1. The van der Waals surface area contributed by atoms with Crippen LogP contribution >= 0.6 is 0 Å². The van der Waals surface area contributed by atoms with E-state index >= 15 is 0 Å². The van der Waals surface area contributed by atoms with Gasteiger partial charge in [0, 0.05) is 18.9 Å². The average molecular weight is 572 g/mol. The first-order chi connectivity index (χ1) is 18.1. The number of carbonyl (C=O) groups is 4. The summed E-state index contributed by atoms with van der Waals surface area (Å²) < 4.78 is 39.4. The highest BCUT2D eigenvalue weighted by Gasteiger charge is 2.62. The zero-order valence-corrected chi connectivity index (χ0v) is 24.2. The maximum absolute atomic E-state index is 13.8. The lowest BCUT2D eigenvalue weighted by molar-refractivity contribution is -0.150. The van der Waals surface area contributed by atoms with Gasteiger partial charge in [0.1, 0.15) is 23.2 Å². The Morgan fingerprint density at radius 1 is 1.21 bits per heavy atom. The van der Waals surface area contributed by atoms with E-state index in [9.17, 15) is 27.6 Å². The van der Waals surface area contributed by atoms with E-state index in [2.05, 4.69) is 10.6 Å². The fraction of sp³-hybridized carbons (Fsp3) is 0.769. The number of amides is 3. The molecule has 220 valence electrons. The molecular formula is C26H41N3O9S. The van der Waals surface area contributed by atoms with Gasteiger partial charge in [0.2, 0.25) is 11.8 Å². The van der Waals surface area contributed by atoms with Crippen LogP contribution in [-0.2, 0) is 38.2 Å². The van der Waals surface area contributed by atoms with Crippen molar-refractivity contribution >= 4 is 34.0 Å². The normalized spacial score (nSPS) is 31.1. The lowest BCUT2D eigenvalue weighted by atomic mass is 10.0. The molecule has 0 spiro atoms. The molecule has 2 heterocycles. The molecule has 2 N–H and O–H groups in total. The molecule has 0 radical (unpaired) electrons. The van der Waals surface area contributed by atoms with Crippen LogP contribution in [0.4, 0.5) is 4.79 Å². The molecule has 3 rings (SSSR count). The summed E-state index contributed by atoms with van der Waals surface area (Å²) >= 11 is 0. The molecule has 0 aromatic heterocycles. The fourth-order valence-corrected chi connectivity index (χ4v) is 5.71. The van der Waals surface area contributed by atoms with Crippen LogP contribution < -0.4 is 10.6 Å². The second kappa shape index (κ2) is 12.2. The molecule has 1 unspecified atom stereocenters. The number of ether oxygens (including phenoxy) is 2. The first-order valence-electron chi connectivity index (χ1n) is 13.5. The van der Waals surface area contributed by atoms with Gasteiger partial charge in [-0.2, -0.15) is 8.42 Å². The van der Waals surface area contributed by atoms with Gasteiger partial charge < -0.3 is 25.0 Å². The summed E-state index contributed by atoms with van der Waals surface area (Å²) in [5, 5.41) is 5.44. The number of alkyl carbamates (subject to hydrolysis) is 1. The molecule has 0 bridgehead atoms. The maximum atomic E-state index is 13.8. The van der Waals surface area contributed by atoms with Gasteiger partial charge >= 0.3 is 12.1 Å². The predicted octanol–water partition coefficient (Wildman–Crippen LogP) is 1.78. The van der Waals surface area contributed by atoms with E-state index in [4.69, 9.17) is 13.7 Å². The number of carbonyl (C=O) groups excluding carboxylic acids is 4. The lowest BCUT2D eigenvalue weighted by Crippen LogP contribution is -2.56. The van der Waals surface area contributed by atoms with Crippen molar-refractivity contribution in [2.45, 2.75) is 102 Å². The van der Waals surface area contributed by atoms with Crippen LogP contribution in [0.15, 0.2) is 12.2 Å². The van der Waals surface area contributed by atoms with E-state index in [0.29, 0.717) is 19.3 Å². The highest BCUT2D eigenvalue weighted by molar-refractivity contribution is 7.86. The van der Waals surface area contributed by atoms with Crippen molar-refractivity contribution in [2.75, 3.05) is 19.4 Å². The number of fused-ring (bicyclic) bond motifs is 2. The third kappa shape index (κ3) is 8.41. The Morgan fingerprint density at radius 3 is 2.56 bits per heavy atom. The smallest absolute Gasteiger partial charge is 0.408 e. The fourth-order valence-electron chi connectivity index (χ4n) is 5.07. The molecule has 2 fully saturated rings. The van der Waals surface area contributed by atoms with Crippen molar-refractivity contribution < 1.29 is 41.3 Å². The largest absolute Gasteiger partial charge is 0.464 e. The Bertz CT molecular complexity index is 1080. The van der Waals surface area contributed by atoms with Crippen LogP contribution in [0.1, 0.15) is 72.6 Å². The zero-order chi connectivity index (χ0) is 29.0. The van der Waals surface area contributed by atoms with Crippen molar-refractivity contribution in [3.05, 3.63) is 12.2 Å². The second-order valence-electron chi connectivity index (χ2n) is 11.4. The summed E-state index contributed by atoms with van der Waals surface area (Å²) in [6, 6.07) is -2.12. The third-order valence-corrected chi connectivity index (χ3v) is 7.50. The molecule has 0 aromatic carbocycles. The van der Waals surface area contributed by atoms with Gasteiger partial charge in [0.25, 0.3) is 10.1 Å². The van der Waals surface area contributed by atoms with E-state index in [1.54, 1.807) is 27.7 Å². The maximum Gasteiger partial charge on any atom is 0.408 e. The molecule has 5 atom stereocenters. The molecule has 0 aromatic rings. The molecule has 1 saturated heterocycles. The minimum atomic E-state index is -3.87. The lowest BCUT2D eigenvalue weighted by Gasteiger charge is -2.30. The number of rotatable bonds is 5. The highest BCUT2D eigenvalue weighted by Crippen LogP contribution is 2.46. The monoisotopic (exact) mass is 571 g/mol. The van der Waals surface area contributed by atoms with Crippen molar-refractivity contribution in [3.8, 4) is 0 Å². The Morgan fingerprint density at radius 2 is 1.92 bits per heavy atom. The summed E-state index contributed by atoms with van der Waals surface area (Å²) in [6.45, 7) is 6.76. The van der Waals surface area contributed by atoms with Crippen molar-refractivity contribution in [3.63, 3.8) is 0 Å². The van der Waals surface area contributed by atoms with Gasteiger partial charge in [0.15, 0.2) is 0 Å². The molecule has 1 aliphatic carbocycles. The minimum Gasteiger partial charge on any atom is -0.464 e. The van der Waals surface area contributed by atoms with Crippen LogP contribution in [0.5, 0.6) is 0 Å². The SMILES string of the molecule is CCOC(=O)[C@@]12C[C@H]1/C=C\CCCCC[C@H](NC(=O)OC(C)(C)C)C(=O)N1CC(OS(C)(=O)=O)C[C@H]1C(=O)N2. The van der Waals surface area contributed by atoms with Gasteiger partial charge in [-0.25, -0.2) is 9.59 Å². The molecule has 12 nitrogen and oxygen atoms in total. The number of hydrogen-bond donors (Lipinski definition) is 2. The molecule has 3 aliphatic rings. The van der Waals surface area contributed by atoms with E-state index in [-0.39, 0.29) is 25.5 Å². The van der Waals surface area contributed by atoms with Crippen molar-refractivity contribution in [1.29, 1.82) is 0 Å². The molecule has 13 heteroatoms. The van der Waals surface area contributed by atoms with Crippen molar-refractivity contribution in [2.24, 2.45) is 5.92 Å². The Labute approximate surface area is 230 Å². The van der Waals surface area contributed by atoms with E-state index < -0.39 is 63.3 Å². The number of hydrogen-bond acceptors (Lipinski definition) is 9. The van der Waals surface area contributed by atoms with Gasteiger partial charge in [-0.1, -0.05) is 25.0 Å². The number of nitrogens with zero attached hydrogens (tertiary/aromatic N) is 1. The van der Waals surface area contributed by atoms with Gasteiger partial charge in [-0.3, -0.25) is 13.8 Å². The highest BCUT2D eigenvalue weighted by atomic mass is 32.2. The van der Waals surface area contributed by atoms with Crippen LogP contribution in [-0.4, -0.2) is 85.9 Å². The first-order valence-corrected chi connectivity index (χ1v) is 15.3. The topological polar surface area (TPSA) is 157 Å². The van der Waals surface area contributed by atoms with Crippen molar-refractivity contribution in [1.82, 2.24) is 15.5 Å². The molecule has 2 aliphatic heterocycles. The Hall–Kier alpha value is -2.67. The predicted molar refractivity (Wildman–Crippen MR) is 141 cm³/mol. The Balaban J connectivity index is 1.92. The third-order valence-electron chi connectivity index (χ3n) is 6.88. The summed E-state index contributed by atoms with van der Waals surface area (Å²) in [6.07, 6.45) is 6.66. The number of nitrogens with one attached hydrogen (secondary N) is 2. The van der Waals surface area contributed by atoms with E-state index in [0.717, 1.165) is 25.5 Å². The summed E-state index contributed by atoms with van der Waals surface area (Å²) in [5.41, 5.74) is -2.03. The van der Waals surface area contributed by atoms with Gasteiger partial charge in [-0.15, -0.1) is 0 Å². The van der Waals surface area contributed by atoms with Gasteiger partial charge in [0.05, 0.1) is 19.0 Å². The summed E-state index contributed by atoms with van der Waals surface area (Å²) in [7, 11) is -3.87. The Kier molecular flexibility index (Phi) is 9.69. The standard InChI is InChI=1S/C26H41N3O9S/c1-6-36-23(32)26-15-17(26)12-10-8-7-9-11-13-19(27-24(33)37-25(2,3)4)22(31)29-16-18(38-39(5,34)35)14-20(29)21(30)28-26/h10,12,17-20H,6-9,11,13-16H2,1-5H3,(H,27,33)(H,28,30)/b12-10-/t17-,18?,19+,20+,26-/m1/s1. The van der Waals surface area contributed by atoms with Gasteiger partial charge in [-0.05, 0) is 53.4 Å². The summed E-state index contributed by atoms with van der Waals surface area (Å²) in [5.74, 6) is -1.97. The molecule has 39 heavy (non-hydrogen) atoms. The van der Waals surface area contributed by atoms with Crippen LogP contribution in [0, 0.1) is 5.92 Å². The first kappa shape index (κ1) is 30.9. The zero-order valence-electron chi connectivity index (χ0n) is 23.4. The summed E-state index contributed by atoms with van der Waals surface area (Å²) in [4.78, 5) is 54.1. The van der Waals surface area contributed by atoms with E-state index in [1.165, 1.54) is 4.90 Å².